The van der Waals surface area contributed by atoms with Gasteiger partial charge in [0.25, 0.3) is 0 Å². The summed E-state index contributed by atoms with van der Waals surface area (Å²) in [5.41, 5.74) is 1.00. The summed E-state index contributed by atoms with van der Waals surface area (Å²) in [5, 5.41) is 1.85. The summed E-state index contributed by atoms with van der Waals surface area (Å²) >= 11 is 5.96. The Bertz CT molecular complexity index is 577. The Hall–Kier alpha value is -1.54. The third kappa shape index (κ3) is 2.13. The number of aromatic nitrogens is 1. The van der Waals surface area contributed by atoms with Gasteiger partial charge in [-0.2, -0.15) is 0 Å². The smallest absolute Gasteiger partial charge is 0.129 e. The fourth-order valence-corrected chi connectivity index (χ4v) is 2.29. The Labute approximate surface area is 106 Å². The predicted octanol–water partition coefficient (Wildman–Crippen LogP) is 3.65. The summed E-state index contributed by atoms with van der Waals surface area (Å²) in [6, 6.07) is 9.96. The van der Waals surface area contributed by atoms with Crippen LogP contribution in [0.4, 0.5) is 5.82 Å². The Morgan fingerprint density at radius 3 is 2.88 bits per heavy atom. The van der Waals surface area contributed by atoms with Gasteiger partial charge in [0.1, 0.15) is 5.82 Å². The van der Waals surface area contributed by atoms with Gasteiger partial charge in [-0.25, -0.2) is 4.98 Å². The molecule has 1 aromatic carbocycles. The molecule has 86 valence electrons. The topological polar surface area (TPSA) is 16.1 Å². The highest BCUT2D eigenvalue weighted by Gasteiger charge is 2.09. The zero-order chi connectivity index (χ0) is 11.7. The third-order valence-electron chi connectivity index (χ3n) is 3.02. The molecule has 2 heterocycles. The van der Waals surface area contributed by atoms with Crippen molar-refractivity contribution in [2.45, 2.75) is 6.42 Å². The van der Waals surface area contributed by atoms with Gasteiger partial charge in [0, 0.05) is 23.5 Å². The van der Waals surface area contributed by atoms with Crippen LogP contribution in [0.2, 0.25) is 5.02 Å². The molecule has 2 nitrogen and oxygen atoms in total. The van der Waals surface area contributed by atoms with E-state index in [4.69, 9.17) is 11.6 Å². The average Bonchev–Trinajstić information content (AvgIpc) is 2.39. The van der Waals surface area contributed by atoms with Gasteiger partial charge in [-0.15, -0.1) is 0 Å². The second-order valence-electron chi connectivity index (χ2n) is 4.21. The normalized spacial score (nSPS) is 15.5. The van der Waals surface area contributed by atoms with E-state index in [1.807, 2.05) is 18.2 Å². The zero-order valence-electron chi connectivity index (χ0n) is 9.44. The Morgan fingerprint density at radius 2 is 2.06 bits per heavy atom. The molecule has 0 N–H and O–H groups in total. The van der Waals surface area contributed by atoms with E-state index >= 15 is 0 Å². The molecule has 1 aliphatic rings. The lowest BCUT2D eigenvalue weighted by atomic mass is 10.2. The first kappa shape index (κ1) is 10.6. The van der Waals surface area contributed by atoms with Gasteiger partial charge in [0.05, 0.1) is 5.52 Å². The monoisotopic (exact) mass is 244 g/mol. The summed E-state index contributed by atoms with van der Waals surface area (Å²) in [6.07, 6.45) is 5.51. The molecule has 0 radical (unpaired) electrons. The highest BCUT2D eigenvalue weighted by atomic mass is 35.5. The van der Waals surface area contributed by atoms with Crippen molar-refractivity contribution in [2.75, 3.05) is 18.0 Å². The van der Waals surface area contributed by atoms with Gasteiger partial charge in [0.2, 0.25) is 0 Å². The quantitative estimate of drug-likeness (QED) is 0.712. The lowest BCUT2D eigenvalue weighted by Gasteiger charge is -2.24. The van der Waals surface area contributed by atoms with Crippen LogP contribution in [0.15, 0.2) is 42.5 Å². The molecular weight excluding hydrogens is 232 g/mol. The van der Waals surface area contributed by atoms with Crippen LogP contribution in [0.3, 0.4) is 0 Å². The van der Waals surface area contributed by atoms with E-state index in [0.717, 1.165) is 41.3 Å². The van der Waals surface area contributed by atoms with Crippen molar-refractivity contribution in [3.63, 3.8) is 0 Å². The number of anilines is 1. The standard InChI is InChI=1S/C14H13ClN2/c15-12-5-6-13-11(10-12)4-7-14(16-13)17-8-2-1-3-9-17/h1-2,4-7,10H,3,8-9H2. The van der Waals surface area contributed by atoms with Crippen LogP contribution >= 0.6 is 11.6 Å². The number of pyridine rings is 1. The first-order chi connectivity index (χ1) is 8.33. The lowest BCUT2D eigenvalue weighted by Crippen LogP contribution is -2.27. The Morgan fingerprint density at radius 1 is 1.12 bits per heavy atom. The maximum atomic E-state index is 5.96. The zero-order valence-corrected chi connectivity index (χ0v) is 10.2. The van der Waals surface area contributed by atoms with Crippen molar-refractivity contribution < 1.29 is 0 Å². The van der Waals surface area contributed by atoms with Gasteiger partial charge in [-0.3, -0.25) is 0 Å². The van der Waals surface area contributed by atoms with Gasteiger partial charge < -0.3 is 4.90 Å². The van der Waals surface area contributed by atoms with Crippen LogP contribution in [0.5, 0.6) is 0 Å². The molecule has 0 amide bonds. The largest absolute Gasteiger partial charge is 0.353 e. The number of nitrogens with zero attached hydrogens (tertiary/aromatic N) is 2. The van der Waals surface area contributed by atoms with E-state index in [2.05, 4.69) is 34.2 Å². The van der Waals surface area contributed by atoms with Gasteiger partial charge in [-0.1, -0.05) is 23.8 Å². The maximum absolute atomic E-state index is 5.96. The van der Waals surface area contributed by atoms with Crippen molar-refractivity contribution in [1.29, 1.82) is 0 Å². The van der Waals surface area contributed by atoms with Crippen LogP contribution in [-0.4, -0.2) is 18.1 Å². The molecule has 1 aliphatic heterocycles. The summed E-state index contributed by atoms with van der Waals surface area (Å²) in [6.45, 7) is 1.99. The van der Waals surface area contributed by atoms with Gasteiger partial charge >= 0.3 is 0 Å². The minimum atomic E-state index is 0.757. The summed E-state index contributed by atoms with van der Waals surface area (Å²) in [5.74, 6) is 1.05. The van der Waals surface area contributed by atoms with Crippen molar-refractivity contribution in [1.82, 2.24) is 4.98 Å². The number of rotatable bonds is 1. The maximum Gasteiger partial charge on any atom is 0.129 e. The van der Waals surface area contributed by atoms with Crippen molar-refractivity contribution in [2.24, 2.45) is 0 Å². The molecule has 0 bridgehead atoms. The number of halogens is 1. The number of hydrogen-bond acceptors (Lipinski definition) is 2. The predicted molar refractivity (Wildman–Crippen MR) is 72.7 cm³/mol. The molecule has 0 unspecified atom stereocenters. The van der Waals surface area contributed by atoms with Gasteiger partial charge in [-0.05, 0) is 36.8 Å². The van der Waals surface area contributed by atoms with Crippen LogP contribution < -0.4 is 4.90 Å². The van der Waals surface area contributed by atoms with Crippen molar-refractivity contribution >= 4 is 28.3 Å². The van der Waals surface area contributed by atoms with Crippen molar-refractivity contribution in [3.05, 3.63) is 47.5 Å². The fraction of sp³-hybridized carbons (Fsp3) is 0.214. The summed E-state index contributed by atoms with van der Waals surface area (Å²) in [4.78, 5) is 6.96. The summed E-state index contributed by atoms with van der Waals surface area (Å²) < 4.78 is 0. The third-order valence-corrected chi connectivity index (χ3v) is 3.25. The van der Waals surface area contributed by atoms with E-state index < -0.39 is 0 Å². The van der Waals surface area contributed by atoms with E-state index in [9.17, 15) is 0 Å². The second-order valence-corrected chi connectivity index (χ2v) is 4.65. The van der Waals surface area contributed by atoms with Crippen LogP contribution in [-0.2, 0) is 0 Å². The number of benzene rings is 1. The number of hydrogen-bond donors (Lipinski definition) is 0. The SMILES string of the molecule is Clc1ccc2nc(N3CC=CCC3)ccc2c1. The molecule has 0 saturated carbocycles. The lowest BCUT2D eigenvalue weighted by molar-refractivity contribution is 0.808. The Balaban J connectivity index is 2.01. The molecule has 17 heavy (non-hydrogen) atoms. The van der Waals surface area contributed by atoms with Gasteiger partial charge in [0.15, 0.2) is 0 Å². The second kappa shape index (κ2) is 4.38. The molecule has 0 saturated heterocycles. The van der Waals surface area contributed by atoms with Crippen LogP contribution in [0.1, 0.15) is 6.42 Å². The molecule has 2 aromatic rings. The minimum absolute atomic E-state index is 0.757. The molecule has 0 spiro atoms. The first-order valence-electron chi connectivity index (χ1n) is 5.79. The van der Waals surface area contributed by atoms with E-state index in [1.54, 1.807) is 0 Å². The fourth-order valence-electron chi connectivity index (χ4n) is 2.11. The first-order valence-corrected chi connectivity index (χ1v) is 6.17. The van der Waals surface area contributed by atoms with Crippen LogP contribution in [0, 0.1) is 0 Å². The summed E-state index contributed by atoms with van der Waals surface area (Å²) in [7, 11) is 0. The molecule has 1 aromatic heterocycles. The van der Waals surface area contributed by atoms with E-state index in [-0.39, 0.29) is 0 Å². The highest BCUT2D eigenvalue weighted by molar-refractivity contribution is 6.31. The molecule has 0 fully saturated rings. The van der Waals surface area contributed by atoms with E-state index in [1.165, 1.54) is 0 Å². The minimum Gasteiger partial charge on any atom is -0.353 e. The highest BCUT2D eigenvalue weighted by Crippen LogP contribution is 2.22. The van der Waals surface area contributed by atoms with Crippen LogP contribution in [0.25, 0.3) is 10.9 Å². The molecule has 3 heteroatoms. The average molecular weight is 245 g/mol. The molecule has 3 rings (SSSR count). The molecular formula is C14H13ClN2. The Kier molecular flexibility index (Phi) is 2.73. The van der Waals surface area contributed by atoms with Crippen molar-refractivity contribution in [3.8, 4) is 0 Å². The molecule has 0 atom stereocenters. The van der Waals surface area contributed by atoms with E-state index in [0.29, 0.717) is 0 Å². The number of fused-ring (bicyclic) bond motifs is 1. The molecule has 0 aliphatic carbocycles.